The van der Waals surface area contributed by atoms with Gasteiger partial charge in [0.05, 0.1) is 5.69 Å². The summed E-state index contributed by atoms with van der Waals surface area (Å²) in [5, 5.41) is 0. The van der Waals surface area contributed by atoms with E-state index in [-0.39, 0.29) is 0 Å². The highest BCUT2D eigenvalue weighted by molar-refractivity contribution is 5.81. The summed E-state index contributed by atoms with van der Waals surface area (Å²) >= 11 is 0. The van der Waals surface area contributed by atoms with Gasteiger partial charge >= 0.3 is 0 Å². The summed E-state index contributed by atoms with van der Waals surface area (Å²) in [5.41, 5.74) is 2.02. The zero-order valence-corrected chi connectivity index (χ0v) is 7.64. The average Bonchev–Trinajstić information content (AvgIpc) is 2.29. The summed E-state index contributed by atoms with van der Waals surface area (Å²) in [6.07, 6.45) is 1.84. The van der Waals surface area contributed by atoms with E-state index < -0.39 is 0 Å². The molecule has 0 aliphatic heterocycles. The lowest BCUT2D eigenvalue weighted by Gasteiger charge is -1.92. The molecule has 66 valence electrons. The van der Waals surface area contributed by atoms with Crippen LogP contribution in [0.2, 0.25) is 0 Å². The van der Waals surface area contributed by atoms with Crippen molar-refractivity contribution in [3.05, 3.63) is 66.2 Å². The maximum atomic E-state index is 4.32. The van der Waals surface area contributed by atoms with Gasteiger partial charge < -0.3 is 0 Å². The van der Waals surface area contributed by atoms with E-state index in [1.54, 1.807) is 0 Å². The molecule has 0 saturated carbocycles. The van der Waals surface area contributed by atoms with Crippen molar-refractivity contribution in [1.82, 2.24) is 0 Å². The highest BCUT2D eigenvalue weighted by atomic mass is 14.7. The van der Waals surface area contributed by atoms with E-state index in [0.29, 0.717) is 0 Å². The summed E-state index contributed by atoms with van der Waals surface area (Å²) in [6.45, 7) is 0. The quantitative estimate of drug-likeness (QED) is 0.628. The van der Waals surface area contributed by atoms with Gasteiger partial charge in [-0.1, -0.05) is 36.4 Å². The van der Waals surface area contributed by atoms with Gasteiger partial charge in [-0.15, -0.1) is 0 Å². The Bertz CT molecular complexity index is 362. The molecule has 0 fully saturated rings. The molecule has 14 heavy (non-hydrogen) atoms. The fourth-order valence-corrected chi connectivity index (χ4v) is 1.10. The summed E-state index contributed by atoms with van der Waals surface area (Å²) in [7, 11) is 0. The Kier molecular flexibility index (Phi) is 2.72. The zero-order chi connectivity index (χ0) is 9.64. The topological polar surface area (TPSA) is 12.4 Å². The van der Waals surface area contributed by atoms with E-state index >= 15 is 0 Å². The fraction of sp³-hybridized carbons (Fsp3) is 0. The van der Waals surface area contributed by atoms with Gasteiger partial charge in [0, 0.05) is 6.21 Å². The Hall–Kier alpha value is -1.89. The first-order valence-electron chi connectivity index (χ1n) is 4.41. The molecule has 1 nitrogen and oxygen atoms in total. The molecular formula is C13H9N. The van der Waals surface area contributed by atoms with Gasteiger partial charge in [0.15, 0.2) is 0 Å². The predicted octanol–water partition coefficient (Wildman–Crippen LogP) is 3.04. The average molecular weight is 179 g/mol. The molecule has 0 spiro atoms. The van der Waals surface area contributed by atoms with Crippen LogP contribution in [0.1, 0.15) is 5.56 Å². The molecule has 2 radical (unpaired) electrons. The van der Waals surface area contributed by atoms with Crippen LogP contribution in [0.25, 0.3) is 0 Å². The number of benzene rings is 2. The number of hydrogen-bond acceptors (Lipinski definition) is 1. The van der Waals surface area contributed by atoms with Crippen LogP contribution < -0.4 is 0 Å². The second kappa shape index (κ2) is 4.38. The highest BCUT2D eigenvalue weighted by Crippen LogP contribution is 2.09. The second-order valence-electron chi connectivity index (χ2n) is 2.85. The smallest absolute Gasteiger partial charge is 0.0630 e. The van der Waals surface area contributed by atoms with E-state index in [9.17, 15) is 0 Å². The van der Waals surface area contributed by atoms with E-state index in [1.165, 1.54) is 0 Å². The van der Waals surface area contributed by atoms with E-state index in [0.717, 1.165) is 11.3 Å². The predicted molar refractivity (Wildman–Crippen MR) is 57.8 cm³/mol. The third-order valence-electron chi connectivity index (χ3n) is 1.81. The third kappa shape index (κ3) is 2.30. The number of nitrogens with zero attached hydrogens (tertiary/aromatic N) is 1. The summed E-state index contributed by atoms with van der Waals surface area (Å²) in [4.78, 5) is 4.32. The van der Waals surface area contributed by atoms with Crippen LogP contribution >= 0.6 is 0 Å². The van der Waals surface area contributed by atoms with Gasteiger partial charge in [0.2, 0.25) is 0 Å². The molecule has 0 unspecified atom stereocenters. The minimum Gasteiger partial charge on any atom is -0.256 e. The molecule has 0 bridgehead atoms. The molecule has 0 saturated heterocycles. The Balaban J connectivity index is 2.16. The number of aliphatic imine (C=N–C) groups is 1. The van der Waals surface area contributed by atoms with Crippen LogP contribution in [0.3, 0.4) is 0 Å². The molecule has 2 aromatic carbocycles. The summed E-state index contributed by atoms with van der Waals surface area (Å²) in [5.74, 6) is 0. The van der Waals surface area contributed by atoms with E-state index in [4.69, 9.17) is 0 Å². The zero-order valence-electron chi connectivity index (χ0n) is 7.64. The normalized spacial score (nSPS) is 10.6. The van der Waals surface area contributed by atoms with Crippen molar-refractivity contribution >= 4 is 11.9 Å². The van der Waals surface area contributed by atoms with Gasteiger partial charge in [-0.3, -0.25) is 4.99 Å². The molecule has 0 atom stereocenters. The summed E-state index contributed by atoms with van der Waals surface area (Å²) in [6, 6.07) is 21.2. The van der Waals surface area contributed by atoms with Gasteiger partial charge in [0.25, 0.3) is 0 Å². The van der Waals surface area contributed by atoms with Crippen molar-refractivity contribution in [3.8, 4) is 0 Å². The molecule has 2 aromatic rings. The Morgan fingerprint density at radius 2 is 1.43 bits per heavy atom. The molecule has 0 aliphatic rings. The van der Waals surface area contributed by atoms with Crippen LogP contribution in [0, 0.1) is 12.1 Å². The Morgan fingerprint density at radius 3 is 2.07 bits per heavy atom. The Morgan fingerprint density at radius 1 is 0.857 bits per heavy atom. The van der Waals surface area contributed by atoms with Crippen molar-refractivity contribution in [3.63, 3.8) is 0 Å². The summed E-state index contributed by atoms with van der Waals surface area (Å²) < 4.78 is 0. The fourth-order valence-electron chi connectivity index (χ4n) is 1.10. The minimum atomic E-state index is 0.941. The molecule has 2 rings (SSSR count). The Labute approximate surface area is 83.7 Å². The van der Waals surface area contributed by atoms with Crippen molar-refractivity contribution in [2.45, 2.75) is 0 Å². The van der Waals surface area contributed by atoms with Crippen molar-refractivity contribution < 1.29 is 0 Å². The van der Waals surface area contributed by atoms with Crippen LogP contribution in [0.4, 0.5) is 5.69 Å². The monoisotopic (exact) mass is 179 g/mol. The number of rotatable bonds is 2. The van der Waals surface area contributed by atoms with Crippen LogP contribution in [-0.2, 0) is 0 Å². The first-order valence-corrected chi connectivity index (χ1v) is 4.41. The van der Waals surface area contributed by atoms with Gasteiger partial charge in [-0.05, 0) is 29.8 Å². The molecule has 0 N–H and O–H groups in total. The van der Waals surface area contributed by atoms with Crippen LogP contribution in [0.5, 0.6) is 0 Å². The van der Waals surface area contributed by atoms with Crippen molar-refractivity contribution in [1.29, 1.82) is 0 Å². The first-order chi connectivity index (χ1) is 6.95. The standard InChI is InChI=1S/C13H9N/c1-3-7-12(8-4-1)11-14-13-9-5-2-6-10-13/h3-11H. The van der Waals surface area contributed by atoms with Crippen molar-refractivity contribution in [2.75, 3.05) is 0 Å². The minimum absolute atomic E-state index is 0.941. The molecule has 0 aromatic heterocycles. The largest absolute Gasteiger partial charge is 0.256 e. The molecule has 0 aliphatic carbocycles. The third-order valence-corrected chi connectivity index (χ3v) is 1.81. The molecule has 0 heterocycles. The van der Waals surface area contributed by atoms with Crippen molar-refractivity contribution in [2.24, 2.45) is 4.99 Å². The maximum Gasteiger partial charge on any atom is 0.0630 e. The SMILES string of the molecule is [c]1ccc(C=Nc2cc[c]cc2)cc1. The molecule has 1 heteroatoms. The van der Waals surface area contributed by atoms with Gasteiger partial charge in [0.1, 0.15) is 0 Å². The van der Waals surface area contributed by atoms with E-state index in [2.05, 4.69) is 17.1 Å². The van der Waals surface area contributed by atoms with Crippen LogP contribution in [-0.4, -0.2) is 6.21 Å². The highest BCUT2D eigenvalue weighted by Gasteiger charge is 1.85. The van der Waals surface area contributed by atoms with Gasteiger partial charge in [-0.2, -0.15) is 0 Å². The van der Waals surface area contributed by atoms with Crippen LogP contribution in [0.15, 0.2) is 53.5 Å². The first kappa shape index (κ1) is 8.70. The number of hydrogen-bond donors (Lipinski definition) is 0. The molecule has 0 amide bonds. The lowest BCUT2D eigenvalue weighted by molar-refractivity contribution is 1.52. The molecular weight excluding hydrogens is 170 g/mol. The maximum absolute atomic E-state index is 4.32. The van der Waals surface area contributed by atoms with Gasteiger partial charge in [-0.25, -0.2) is 0 Å². The lowest BCUT2D eigenvalue weighted by atomic mass is 10.2. The lowest BCUT2D eigenvalue weighted by Crippen LogP contribution is -1.77. The second-order valence-corrected chi connectivity index (χ2v) is 2.85. The van der Waals surface area contributed by atoms with E-state index in [1.807, 2.05) is 54.7 Å².